The van der Waals surface area contributed by atoms with Crippen molar-refractivity contribution >= 4 is 0 Å². The number of hydrogen-bond donors (Lipinski definition) is 1. The second-order valence-corrected chi connectivity index (χ2v) is 6.32. The topological polar surface area (TPSA) is 38.7 Å². The summed E-state index contributed by atoms with van der Waals surface area (Å²) in [5.74, 6) is -0.549. The molecule has 0 aromatic carbocycles. The van der Waals surface area contributed by atoms with Crippen molar-refractivity contribution in [3.63, 3.8) is 0 Å². The lowest BCUT2D eigenvalue weighted by Crippen LogP contribution is -2.56. The van der Waals surface area contributed by atoms with Crippen LogP contribution in [0.15, 0.2) is 0 Å². The van der Waals surface area contributed by atoms with E-state index >= 15 is 0 Å². The van der Waals surface area contributed by atoms with E-state index in [0.29, 0.717) is 6.61 Å². The summed E-state index contributed by atoms with van der Waals surface area (Å²) in [6.45, 7) is 12.9. The molecule has 0 radical (unpaired) electrons. The molecule has 0 spiro atoms. The van der Waals surface area contributed by atoms with Crippen molar-refractivity contribution in [3.8, 4) is 0 Å². The summed E-state index contributed by atoms with van der Waals surface area (Å²) in [6.07, 6.45) is -0.00116. The van der Waals surface area contributed by atoms with Gasteiger partial charge < -0.3 is 14.6 Å². The first-order chi connectivity index (χ1) is 6.61. The Balaban J connectivity index is 2.91. The summed E-state index contributed by atoms with van der Waals surface area (Å²) in [5, 5.41) is 9.43. The first-order valence-electron chi connectivity index (χ1n) is 5.53. The second-order valence-electron chi connectivity index (χ2n) is 6.32. The number of rotatable bonds is 2. The molecule has 0 amide bonds. The number of ether oxygens (including phenoxy) is 2. The van der Waals surface area contributed by atoms with Crippen LogP contribution in [0.5, 0.6) is 0 Å². The van der Waals surface area contributed by atoms with Gasteiger partial charge in [0, 0.05) is 10.8 Å². The van der Waals surface area contributed by atoms with Crippen molar-refractivity contribution in [3.05, 3.63) is 0 Å². The van der Waals surface area contributed by atoms with E-state index in [9.17, 15) is 5.11 Å². The fraction of sp³-hybridized carbons (Fsp3) is 1.00. The number of hydrogen-bond acceptors (Lipinski definition) is 3. The normalized spacial score (nSPS) is 30.2. The molecular weight excluding hydrogens is 192 g/mol. The molecule has 1 aliphatic rings. The van der Waals surface area contributed by atoms with Gasteiger partial charge in [-0.2, -0.15) is 0 Å². The van der Waals surface area contributed by atoms with Gasteiger partial charge in [-0.3, -0.25) is 0 Å². The maximum atomic E-state index is 9.43. The largest absolute Gasteiger partial charge is 0.396 e. The zero-order valence-corrected chi connectivity index (χ0v) is 10.8. The third kappa shape index (κ3) is 2.71. The molecule has 1 saturated heterocycles. The van der Waals surface area contributed by atoms with Crippen LogP contribution in [0.4, 0.5) is 0 Å². The Kier molecular flexibility index (Phi) is 3.21. The van der Waals surface area contributed by atoms with Gasteiger partial charge in [0.05, 0.1) is 19.3 Å². The molecule has 90 valence electrons. The van der Waals surface area contributed by atoms with E-state index in [0.717, 1.165) is 0 Å². The molecule has 1 rings (SSSR count). The molecule has 1 atom stereocenters. The summed E-state index contributed by atoms with van der Waals surface area (Å²) in [6, 6.07) is 0. The molecule has 0 aliphatic carbocycles. The maximum absolute atomic E-state index is 9.43. The van der Waals surface area contributed by atoms with Gasteiger partial charge in [-0.1, -0.05) is 27.7 Å². The monoisotopic (exact) mass is 216 g/mol. The lowest BCUT2D eigenvalue weighted by atomic mass is 9.72. The Hall–Kier alpha value is -0.120. The Morgan fingerprint density at radius 2 is 1.80 bits per heavy atom. The average Bonchev–Trinajstić information content (AvgIpc) is 2.10. The molecule has 15 heavy (non-hydrogen) atoms. The molecule has 0 saturated carbocycles. The lowest BCUT2D eigenvalue weighted by Gasteiger charge is -2.51. The van der Waals surface area contributed by atoms with Crippen LogP contribution in [0.1, 0.15) is 41.5 Å². The molecule has 0 aromatic rings. The summed E-state index contributed by atoms with van der Waals surface area (Å²) in [7, 11) is 0. The third-order valence-electron chi connectivity index (χ3n) is 3.02. The van der Waals surface area contributed by atoms with E-state index in [1.807, 2.05) is 27.7 Å². The van der Waals surface area contributed by atoms with Crippen LogP contribution in [-0.2, 0) is 9.47 Å². The zero-order chi connectivity index (χ0) is 11.9. The van der Waals surface area contributed by atoms with Crippen LogP contribution in [-0.4, -0.2) is 30.2 Å². The van der Waals surface area contributed by atoms with Gasteiger partial charge >= 0.3 is 0 Å². The zero-order valence-electron chi connectivity index (χ0n) is 10.8. The molecule has 3 heteroatoms. The molecule has 0 bridgehead atoms. The van der Waals surface area contributed by atoms with Crippen LogP contribution < -0.4 is 0 Å². The van der Waals surface area contributed by atoms with Crippen LogP contribution in [0, 0.1) is 10.8 Å². The highest BCUT2D eigenvalue weighted by atomic mass is 16.7. The molecule has 1 fully saturated rings. The summed E-state index contributed by atoms with van der Waals surface area (Å²) >= 11 is 0. The van der Waals surface area contributed by atoms with Crippen molar-refractivity contribution < 1.29 is 14.6 Å². The molecule has 0 aromatic heterocycles. The Labute approximate surface area is 92.8 Å². The molecule has 3 nitrogen and oxygen atoms in total. The summed E-state index contributed by atoms with van der Waals surface area (Å²) in [5.41, 5.74) is -0.313. The van der Waals surface area contributed by atoms with Crippen molar-refractivity contribution in [2.45, 2.75) is 53.4 Å². The average molecular weight is 216 g/mol. The highest BCUT2D eigenvalue weighted by Crippen LogP contribution is 2.43. The highest BCUT2D eigenvalue weighted by Gasteiger charge is 2.48. The second kappa shape index (κ2) is 3.72. The van der Waals surface area contributed by atoms with Gasteiger partial charge in [0.25, 0.3) is 0 Å². The first-order valence-corrected chi connectivity index (χ1v) is 5.53. The van der Waals surface area contributed by atoms with Crippen molar-refractivity contribution in [2.24, 2.45) is 10.8 Å². The van der Waals surface area contributed by atoms with Crippen molar-refractivity contribution in [2.75, 3.05) is 13.2 Å². The predicted molar refractivity (Wildman–Crippen MR) is 59.6 cm³/mol. The Morgan fingerprint density at radius 3 is 2.27 bits per heavy atom. The van der Waals surface area contributed by atoms with E-state index in [2.05, 4.69) is 13.8 Å². The molecule has 1 aliphatic heterocycles. The van der Waals surface area contributed by atoms with E-state index in [4.69, 9.17) is 9.47 Å². The molecule has 1 unspecified atom stereocenters. The van der Waals surface area contributed by atoms with Crippen LogP contribution >= 0.6 is 0 Å². The van der Waals surface area contributed by atoms with Crippen LogP contribution in [0.25, 0.3) is 0 Å². The summed E-state index contributed by atoms with van der Waals surface area (Å²) < 4.78 is 11.6. The standard InChI is InChI=1S/C12H24O3/c1-10(2,7-13)9-11(3,4)8-14-12(5,6)15-9/h9,13H,7-8H2,1-6H3. The molecule has 1 N–H and O–H groups in total. The predicted octanol–water partition coefficient (Wildman–Crippen LogP) is 2.18. The van der Waals surface area contributed by atoms with Gasteiger partial charge in [0.1, 0.15) is 0 Å². The van der Waals surface area contributed by atoms with Crippen molar-refractivity contribution in [1.29, 1.82) is 0 Å². The molecular formula is C12H24O3. The van der Waals surface area contributed by atoms with Gasteiger partial charge in [-0.05, 0) is 13.8 Å². The Bertz CT molecular complexity index is 223. The number of aliphatic hydroxyl groups is 1. The quantitative estimate of drug-likeness (QED) is 0.769. The highest BCUT2D eigenvalue weighted by molar-refractivity contribution is 4.93. The fourth-order valence-electron chi connectivity index (χ4n) is 2.21. The smallest absolute Gasteiger partial charge is 0.163 e. The van der Waals surface area contributed by atoms with E-state index in [1.165, 1.54) is 0 Å². The SMILES string of the molecule is CC1(C)OCC(C)(C)C(C(C)(C)CO)O1. The van der Waals surface area contributed by atoms with Gasteiger partial charge in [0.15, 0.2) is 5.79 Å². The molecule has 1 heterocycles. The van der Waals surface area contributed by atoms with E-state index in [-0.39, 0.29) is 23.5 Å². The third-order valence-corrected chi connectivity index (χ3v) is 3.02. The minimum absolute atomic E-state index is 0.00116. The van der Waals surface area contributed by atoms with Crippen molar-refractivity contribution in [1.82, 2.24) is 0 Å². The Morgan fingerprint density at radius 1 is 1.27 bits per heavy atom. The number of aliphatic hydroxyl groups excluding tert-OH is 1. The minimum atomic E-state index is -0.549. The van der Waals surface area contributed by atoms with Crippen LogP contribution in [0.3, 0.4) is 0 Å². The van der Waals surface area contributed by atoms with Crippen LogP contribution in [0.2, 0.25) is 0 Å². The fourth-order valence-corrected chi connectivity index (χ4v) is 2.21. The minimum Gasteiger partial charge on any atom is -0.396 e. The maximum Gasteiger partial charge on any atom is 0.163 e. The lowest BCUT2D eigenvalue weighted by molar-refractivity contribution is -0.333. The van der Waals surface area contributed by atoms with Gasteiger partial charge in [-0.15, -0.1) is 0 Å². The first kappa shape index (κ1) is 12.9. The van der Waals surface area contributed by atoms with E-state index in [1.54, 1.807) is 0 Å². The van der Waals surface area contributed by atoms with E-state index < -0.39 is 5.79 Å². The van der Waals surface area contributed by atoms with Gasteiger partial charge in [-0.25, -0.2) is 0 Å². The summed E-state index contributed by atoms with van der Waals surface area (Å²) in [4.78, 5) is 0. The van der Waals surface area contributed by atoms with Gasteiger partial charge in [0.2, 0.25) is 0 Å².